The molecule has 0 saturated heterocycles. The highest BCUT2D eigenvalue weighted by molar-refractivity contribution is 8.31. The maximum atomic E-state index is 14.3. The predicted molar refractivity (Wildman–Crippen MR) is 209 cm³/mol. The molecule has 0 heterocycles. The molecule has 5 aromatic carbocycles. The van der Waals surface area contributed by atoms with Gasteiger partial charge in [0.15, 0.2) is 5.78 Å². The fourth-order valence-electron chi connectivity index (χ4n) is 5.59. The van der Waals surface area contributed by atoms with E-state index in [0.717, 1.165) is 48.3 Å². The van der Waals surface area contributed by atoms with Crippen molar-refractivity contribution in [2.45, 2.75) is 62.2 Å². The van der Waals surface area contributed by atoms with Crippen molar-refractivity contribution in [3.63, 3.8) is 0 Å². The molecule has 266 valence electrons. The molecule has 0 atom stereocenters. The van der Waals surface area contributed by atoms with Crippen molar-refractivity contribution >= 4 is 35.0 Å². The van der Waals surface area contributed by atoms with Crippen LogP contribution in [0.25, 0.3) is 0 Å². The molecule has 5 aromatic rings. The van der Waals surface area contributed by atoms with Gasteiger partial charge < -0.3 is 22.9 Å². The summed E-state index contributed by atoms with van der Waals surface area (Å²) in [5.74, 6) is 2.42. The first kappa shape index (κ1) is 37.9. The van der Waals surface area contributed by atoms with Crippen LogP contribution in [0.1, 0.15) is 61.0 Å². The molecule has 0 spiro atoms. The lowest BCUT2D eigenvalue weighted by Gasteiger charge is -2.41. The van der Waals surface area contributed by atoms with Gasteiger partial charge >= 0.3 is 7.32 Å². The highest BCUT2D eigenvalue weighted by atomic mass is 35.5. The summed E-state index contributed by atoms with van der Waals surface area (Å²) in [5.41, 5.74) is 2.98. The average molecular weight is 725 g/mol. The Kier molecular flexibility index (Phi) is 13.9. The van der Waals surface area contributed by atoms with Crippen LogP contribution < -0.4 is 18.8 Å². The molecular weight excluding hydrogens is 679 g/mol. The first-order valence-corrected chi connectivity index (χ1v) is 19.5. The molecule has 0 saturated carbocycles. The molecule has 0 aliphatic heterocycles. The van der Waals surface area contributed by atoms with Crippen LogP contribution in [0.2, 0.25) is 5.02 Å². The third-order valence-electron chi connectivity index (χ3n) is 8.57. The molecule has 0 unspecified atom stereocenters. The highest BCUT2D eigenvalue weighted by Gasteiger charge is 2.42. The van der Waals surface area contributed by atoms with Crippen molar-refractivity contribution in [3.05, 3.63) is 143 Å². The van der Waals surface area contributed by atoms with Crippen LogP contribution in [-0.2, 0) is 16.9 Å². The first-order valence-electron chi connectivity index (χ1n) is 17.4. The van der Waals surface area contributed by atoms with Crippen molar-refractivity contribution in [2.75, 3.05) is 20.0 Å². The number of carbonyl (C=O) groups excluding carboxylic acids is 1. The number of hydrogen-bond donors (Lipinski definition) is 0. The minimum atomic E-state index is -2.68. The van der Waals surface area contributed by atoms with Gasteiger partial charge in [0.1, 0.15) is 23.0 Å². The Hall–Kier alpha value is -4.37. The Bertz CT molecular complexity index is 1700. The summed E-state index contributed by atoms with van der Waals surface area (Å²) in [6, 6.07) is 38.2. The van der Waals surface area contributed by atoms with Gasteiger partial charge in [-0.3, -0.25) is 4.79 Å². The van der Waals surface area contributed by atoms with E-state index in [4.69, 9.17) is 34.5 Å². The highest BCUT2D eigenvalue weighted by Crippen LogP contribution is 2.64. The number of aryl methyl sites for hydroxylation is 2. The van der Waals surface area contributed by atoms with Crippen LogP contribution in [0.15, 0.2) is 131 Å². The number of ether oxygens (including phenoxy) is 2. The van der Waals surface area contributed by atoms with Crippen molar-refractivity contribution in [1.29, 1.82) is 0 Å². The van der Waals surface area contributed by atoms with E-state index in [0.29, 0.717) is 33.6 Å². The lowest BCUT2D eigenvalue weighted by atomic mass is 10.1. The maximum absolute atomic E-state index is 14.3. The molecule has 0 bridgehead atoms. The molecule has 0 radical (unpaired) electrons. The fourth-order valence-corrected chi connectivity index (χ4v) is 8.65. The Balaban J connectivity index is 1.61. The number of rotatable bonds is 19. The van der Waals surface area contributed by atoms with Gasteiger partial charge in [0.05, 0.1) is 20.0 Å². The van der Waals surface area contributed by atoms with Crippen LogP contribution >= 0.6 is 21.9 Å². The number of hydrogen-bond acceptors (Lipinski definition) is 6. The summed E-state index contributed by atoms with van der Waals surface area (Å²) >= 11 is 6.20. The number of unbranched alkanes of at least 4 members (excludes halogenated alkanes) is 2. The van der Waals surface area contributed by atoms with E-state index in [-0.39, 0.29) is 11.5 Å². The van der Waals surface area contributed by atoms with Gasteiger partial charge in [0.25, 0.3) is 0 Å². The predicted octanol–water partition coefficient (Wildman–Crippen LogP) is 11.2. The van der Waals surface area contributed by atoms with Crippen molar-refractivity contribution in [1.82, 2.24) is 0 Å². The second kappa shape index (κ2) is 18.7. The second-order valence-corrected chi connectivity index (χ2v) is 15.4. The Morgan fingerprint density at radius 1 is 0.588 bits per heavy atom. The molecular formula is C42H46BClO6S. The van der Waals surface area contributed by atoms with E-state index in [1.165, 1.54) is 11.1 Å². The minimum absolute atomic E-state index is 0.00240. The average Bonchev–Trinajstić information content (AvgIpc) is 3.17. The van der Waals surface area contributed by atoms with E-state index in [9.17, 15) is 4.79 Å². The third kappa shape index (κ3) is 10.3. The summed E-state index contributed by atoms with van der Waals surface area (Å²) in [7, 11) is -0.670. The SMILES string of the molecule is CCCCc1ccc(OB(Oc2ccc(CCCC)cc2)OS(CC(=O)c2ccc(Cl)cc2)(c2ccc(OC)cc2)c2ccc(OC)cc2)cc1. The molecule has 0 fully saturated rings. The zero-order valence-corrected chi connectivity index (χ0v) is 31.4. The molecule has 51 heavy (non-hydrogen) atoms. The zero-order chi connectivity index (χ0) is 36.1. The second-order valence-electron chi connectivity index (χ2n) is 12.2. The van der Waals surface area contributed by atoms with E-state index in [1.807, 2.05) is 72.8 Å². The number of methoxy groups -OCH3 is 2. The smallest absolute Gasteiger partial charge is 0.500 e. The number of ketones is 1. The number of benzene rings is 5. The summed E-state index contributed by atoms with van der Waals surface area (Å²) in [5, 5.41) is 0.551. The summed E-state index contributed by atoms with van der Waals surface area (Å²) in [4.78, 5) is 15.9. The van der Waals surface area contributed by atoms with Crippen molar-refractivity contribution in [3.8, 4) is 23.0 Å². The summed E-state index contributed by atoms with van der Waals surface area (Å²) in [6.07, 6.45) is 6.45. The maximum Gasteiger partial charge on any atom is 0.799 e. The molecule has 9 heteroatoms. The summed E-state index contributed by atoms with van der Waals surface area (Å²) in [6.45, 7) is 4.37. The number of halogens is 1. The van der Waals surface area contributed by atoms with E-state index >= 15 is 0 Å². The Morgan fingerprint density at radius 2 is 1.00 bits per heavy atom. The largest absolute Gasteiger partial charge is 0.799 e. The van der Waals surface area contributed by atoms with Gasteiger partial charge in [-0.25, -0.2) is 0 Å². The van der Waals surface area contributed by atoms with Crippen molar-refractivity contribution in [2.24, 2.45) is 0 Å². The molecule has 0 aliphatic carbocycles. The first-order chi connectivity index (χ1) is 24.8. The van der Waals surface area contributed by atoms with Gasteiger partial charge in [-0.2, -0.15) is 0 Å². The van der Waals surface area contributed by atoms with Crippen LogP contribution in [0.4, 0.5) is 0 Å². The van der Waals surface area contributed by atoms with Gasteiger partial charge in [0, 0.05) is 20.4 Å². The minimum Gasteiger partial charge on any atom is -0.500 e. The molecule has 6 nitrogen and oxygen atoms in total. The summed E-state index contributed by atoms with van der Waals surface area (Å²) < 4.78 is 31.3. The monoisotopic (exact) mass is 724 g/mol. The lowest BCUT2D eigenvalue weighted by Crippen LogP contribution is -2.36. The van der Waals surface area contributed by atoms with Crippen LogP contribution in [-0.4, -0.2) is 33.1 Å². The Labute approximate surface area is 309 Å². The van der Waals surface area contributed by atoms with Crippen LogP contribution in [0.3, 0.4) is 0 Å². The quantitative estimate of drug-likeness (QED) is 0.0624. The topological polar surface area (TPSA) is 63.2 Å². The Morgan fingerprint density at radius 3 is 1.39 bits per heavy atom. The van der Waals surface area contributed by atoms with Gasteiger partial charge in [-0.05, 0) is 134 Å². The van der Waals surface area contributed by atoms with Crippen molar-refractivity contribution < 1.29 is 27.7 Å². The lowest BCUT2D eigenvalue weighted by molar-refractivity contribution is 0.102. The standard InChI is InChI=1S/C42H46BClO6S/c1-5-7-9-32-11-19-38(20-12-32)48-43(49-39-21-13-33(14-22-39)10-8-6-2)50-51(40-27-23-36(46-3)24-28-40,41-29-25-37(47-4)26-30-41)31-42(45)34-15-17-35(44)18-16-34/h11-30H,5-10,31H2,1-4H3. The third-order valence-corrected chi connectivity index (χ3v) is 12.0. The van der Waals surface area contributed by atoms with Crippen LogP contribution in [0.5, 0.6) is 23.0 Å². The van der Waals surface area contributed by atoms with Crippen LogP contribution in [0, 0.1) is 0 Å². The van der Waals surface area contributed by atoms with Gasteiger partial charge in [-0.1, -0.05) is 72.9 Å². The molecule has 0 amide bonds. The van der Waals surface area contributed by atoms with Gasteiger partial charge in [-0.15, -0.1) is 0 Å². The molecule has 5 rings (SSSR count). The van der Waals surface area contributed by atoms with Gasteiger partial charge in [0.2, 0.25) is 0 Å². The zero-order valence-electron chi connectivity index (χ0n) is 29.8. The van der Waals surface area contributed by atoms with E-state index in [2.05, 4.69) is 38.1 Å². The number of carbonyl (C=O) groups is 1. The fraction of sp³-hybridized carbons (Fsp3) is 0.262. The normalized spacial score (nSPS) is 11.5. The number of Topliss-reactive ketones (excluding diaryl/α,β-unsaturated/α-hetero) is 1. The van der Waals surface area contributed by atoms with E-state index < -0.39 is 17.6 Å². The molecule has 0 N–H and O–H groups in total. The molecule has 0 aliphatic rings. The van der Waals surface area contributed by atoms with E-state index in [1.54, 1.807) is 38.5 Å². The molecule has 0 aromatic heterocycles.